The fourth-order valence-electron chi connectivity index (χ4n) is 4.19. The summed E-state index contributed by atoms with van der Waals surface area (Å²) < 4.78 is 1.87. The SMILES string of the molecule is CCSc1nc(N2CCCCC2)c2cnn(CCNC(=O)c3cc4ccccc4[nH]3)c2n1. The number of nitrogens with one attached hydrogen (secondary N) is 2. The first-order chi connectivity index (χ1) is 15.7. The lowest BCUT2D eigenvalue weighted by atomic mass is 10.1. The molecule has 0 radical (unpaired) electrons. The topological polar surface area (TPSA) is 91.7 Å². The van der Waals surface area contributed by atoms with Crippen LogP contribution in [0.4, 0.5) is 5.82 Å². The van der Waals surface area contributed by atoms with Gasteiger partial charge in [-0.25, -0.2) is 14.6 Å². The summed E-state index contributed by atoms with van der Waals surface area (Å²) in [6, 6.07) is 9.75. The molecule has 0 spiro atoms. The van der Waals surface area contributed by atoms with Crippen LogP contribution < -0.4 is 10.2 Å². The van der Waals surface area contributed by atoms with E-state index in [-0.39, 0.29) is 5.91 Å². The van der Waals surface area contributed by atoms with E-state index in [2.05, 4.69) is 27.2 Å². The number of nitrogens with zero attached hydrogens (tertiary/aromatic N) is 5. The van der Waals surface area contributed by atoms with Gasteiger partial charge in [0.05, 0.1) is 18.1 Å². The third-order valence-electron chi connectivity index (χ3n) is 5.77. The molecule has 1 aliphatic heterocycles. The number of amides is 1. The van der Waals surface area contributed by atoms with Gasteiger partial charge in [0.15, 0.2) is 10.8 Å². The molecule has 1 aromatic carbocycles. The maximum Gasteiger partial charge on any atom is 0.267 e. The van der Waals surface area contributed by atoms with Crippen molar-refractivity contribution in [3.63, 3.8) is 0 Å². The van der Waals surface area contributed by atoms with Crippen molar-refractivity contribution in [1.29, 1.82) is 0 Å². The third-order valence-corrected chi connectivity index (χ3v) is 6.50. The van der Waals surface area contributed by atoms with Gasteiger partial charge in [-0.05, 0) is 37.1 Å². The molecule has 9 heteroatoms. The summed E-state index contributed by atoms with van der Waals surface area (Å²) in [5, 5.41) is 10.4. The molecular formula is C23H27N7OS. The van der Waals surface area contributed by atoms with Crippen molar-refractivity contribution < 1.29 is 4.79 Å². The average Bonchev–Trinajstić information content (AvgIpc) is 3.44. The second kappa shape index (κ2) is 9.20. The van der Waals surface area contributed by atoms with E-state index < -0.39 is 0 Å². The molecule has 1 aliphatic rings. The number of aromatic nitrogens is 5. The Bertz CT molecular complexity index is 1210. The Labute approximate surface area is 190 Å². The quantitative estimate of drug-likeness (QED) is 0.329. The second-order valence-corrected chi connectivity index (χ2v) is 9.17. The Hall–Kier alpha value is -3.07. The van der Waals surface area contributed by atoms with Crippen LogP contribution in [0, 0.1) is 0 Å². The zero-order valence-corrected chi connectivity index (χ0v) is 19.0. The molecule has 0 saturated carbocycles. The minimum atomic E-state index is -0.122. The fraction of sp³-hybridized carbons (Fsp3) is 0.391. The number of carbonyl (C=O) groups is 1. The van der Waals surface area contributed by atoms with Gasteiger partial charge in [-0.15, -0.1) is 0 Å². The zero-order valence-electron chi connectivity index (χ0n) is 18.2. The molecule has 3 aromatic heterocycles. The second-order valence-electron chi connectivity index (χ2n) is 7.94. The molecule has 2 N–H and O–H groups in total. The summed E-state index contributed by atoms with van der Waals surface area (Å²) in [7, 11) is 0. The highest BCUT2D eigenvalue weighted by Gasteiger charge is 2.20. The molecule has 0 unspecified atom stereocenters. The standard InChI is InChI=1S/C23H27N7OS/c1-2-32-23-27-20(29-11-6-3-7-12-29)17-15-25-30(21(17)28-23)13-10-24-22(31)19-14-16-8-4-5-9-18(16)26-19/h4-5,8-9,14-15,26H,2-3,6-7,10-13H2,1H3,(H,24,31). The minimum absolute atomic E-state index is 0.122. The molecule has 4 aromatic rings. The minimum Gasteiger partial charge on any atom is -0.356 e. The molecule has 4 heterocycles. The maximum absolute atomic E-state index is 12.6. The van der Waals surface area contributed by atoms with Gasteiger partial charge in [0, 0.05) is 30.5 Å². The van der Waals surface area contributed by atoms with Gasteiger partial charge in [-0.3, -0.25) is 4.79 Å². The maximum atomic E-state index is 12.6. The molecule has 1 saturated heterocycles. The number of anilines is 1. The number of carbonyl (C=O) groups excluding carboxylic acids is 1. The van der Waals surface area contributed by atoms with Crippen LogP contribution in [0.5, 0.6) is 0 Å². The van der Waals surface area contributed by atoms with E-state index in [1.54, 1.807) is 11.8 Å². The highest BCUT2D eigenvalue weighted by atomic mass is 32.2. The zero-order chi connectivity index (χ0) is 21.9. The number of fused-ring (bicyclic) bond motifs is 2. The van der Waals surface area contributed by atoms with Crippen LogP contribution in [0.1, 0.15) is 36.7 Å². The molecule has 1 fully saturated rings. The van der Waals surface area contributed by atoms with Gasteiger partial charge in [-0.2, -0.15) is 5.10 Å². The van der Waals surface area contributed by atoms with E-state index in [1.165, 1.54) is 19.3 Å². The summed E-state index contributed by atoms with van der Waals surface area (Å²) in [5.41, 5.74) is 2.35. The van der Waals surface area contributed by atoms with Crippen molar-refractivity contribution in [3.8, 4) is 0 Å². The summed E-state index contributed by atoms with van der Waals surface area (Å²) in [4.78, 5) is 27.7. The number of hydrogen-bond donors (Lipinski definition) is 2. The van der Waals surface area contributed by atoms with E-state index >= 15 is 0 Å². The first kappa shape index (κ1) is 20.8. The van der Waals surface area contributed by atoms with Crippen LogP contribution in [0.3, 0.4) is 0 Å². The monoisotopic (exact) mass is 449 g/mol. The fourth-order valence-corrected chi connectivity index (χ4v) is 4.75. The lowest BCUT2D eigenvalue weighted by Crippen LogP contribution is -2.30. The van der Waals surface area contributed by atoms with Crippen LogP contribution in [0.2, 0.25) is 0 Å². The highest BCUT2D eigenvalue weighted by Crippen LogP contribution is 2.29. The molecule has 166 valence electrons. The number of aromatic amines is 1. The number of H-pyrrole nitrogens is 1. The Morgan fingerprint density at radius 2 is 2.03 bits per heavy atom. The van der Waals surface area contributed by atoms with Gasteiger partial charge in [0.25, 0.3) is 5.91 Å². The van der Waals surface area contributed by atoms with Crippen LogP contribution in [0.25, 0.3) is 21.9 Å². The van der Waals surface area contributed by atoms with E-state index in [0.717, 1.165) is 51.8 Å². The van der Waals surface area contributed by atoms with Gasteiger partial charge in [0.2, 0.25) is 0 Å². The lowest BCUT2D eigenvalue weighted by molar-refractivity contribution is 0.0948. The van der Waals surface area contributed by atoms with E-state index in [1.807, 2.05) is 41.2 Å². The van der Waals surface area contributed by atoms with Gasteiger partial charge >= 0.3 is 0 Å². The van der Waals surface area contributed by atoms with Crippen LogP contribution in [-0.4, -0.2) is 56.0 Å². The highest BCUT2D eigenvalue weighted by molar-refractivity contribution is 7.99. The molecule has 1 amide bonds. The van der Waals surface area contributed by atoms with Crippen LogP contribution in [0.15, 0.2) is 41.7 Å². The van der Waals surface area contributed by atoms with Gasteiger partial charge in [-0.1, -0.05) is 36.9 Å². The number of thioether (sulfide) groups is 1. The Morgan fingerprint density at radius 3 is 2.84 bits per heavy atom. The normalized spacial score (nSPS) is 14.3. The summed E-state index contributed by atoms with van der Waals surface area (Å²) in [6.45, 7) is 5.16. The first-order valence-corrected chi connectivity index (χ1v) is 12.2. The van der Waals surface area contributed by atoms with E-state index in [4.69, 9.17) is 9.97 Å². The summed E-state index contributed by atoms with van der Waals surface area (Å²) >= 11 is 1.64. The Kier molecular flexibility index (Phi) is 5.98. The number of rotatable bonds is 7. The van der Waals surface area contributed by atoms with Crippen molar-refractivity contribution in [3.05, 3.63) is 42.2 Å². The van der Waals surface area contributed by atoms with Crippen molar-refractivity contribution >= 4 is 45.4 Å². The molecule has 8 nitrogen and oxygen atoms in total. The van der Waals surface area contributed by atoms with Crippen molar-refractivity contribution in [2.45, 2.75) is 37.9 Å². The van der Waals surface area contributed by atoms with Gasteiger partial charge in [0.1, 0.15) is 11.5 Å². The lowest BCUT2D eigenvalue weighted by Gasteiger charge is -2.28. The number of hydrogen-bond acceptors (Lipinski definition) is 6. The smallest absolute Gasteiger partial charge is 0.267 e. The molecular weight excluding hydrogens is 422 g/mol. The number of piperidine rings is 1. The third kappa shape index (κ3) is 4.17. The molecule has 32 heavy (non-hydrogen) atoms. The van der Waals surface area contributed by atoms with Crippen LogP contribution in [-0.2, 0) is 6.54 Å². The molecule has 0 atom stereocenters. The van der Waals surface area contributed by atoms with Crippen molar-refractivity contribution in [2.24, 2.45) is 0 Å². The molecule has 0 aliphatic carbocycles. The number of para-hydroxylation sites is 1. The largest absolute Gasteiger partial charge is 0.356 e. The molecule has 0 bridgehead atoms. The predicted molar refractivity (Wildman–Crippen MR) is 128 cm³/mol. The first-order valence-electron chi connectivity index (χ1n) is 11.2. The molecule has 5 rings (SSSR count). The van der Waals surface area contributed by atoms with E-state index in [0.29, 0.717) is 18.8 Å². The number of benzene rings is 1. The van der Waals surface area contributed by atoms with E-state index in [9.17, 15) is 4.79 Å². The Morgan fingerprint density at radius 1 is 1.19 bits per heavy atom. The summed E-state index contributed by atoms with van der Waals surface area (Å²) in [5.74, 6) is 1.78. The Balaban J connectivity index is 1.33. The summed E-state index contributed by atoms with van der Waals surface area (Å²) in [6.07, 6.45) is 5.52. The average molecular weight is 450 g/mol. The predicted octanol–water partition coefficient (Wildman–Crippen LogP) is 3.84. The van der Waals surface area contributed by atoms with Crippen molar-refractivity contribution in [1.82, 2.24) is 30.0 Å². The van der Waals surface area contributed by atoms with Gasteiger partial charge < -0.3 is 15.2 Å². The van der Waals surface area contributed by atoms with Crippen LogP contribution >= 0.6 is 11.8 Å². The van der Waals surface area contributed by atoms with Crippen molar-refractivity contribution in [2.75, 3.05) is 30.3 Å².